The Morgan fingerprint density at radius 1 is 1.48 bits per heavy atom. The first-order chi connectivity index (χ1) is 10.1. The van der Waals surface area contributed by atoms with Gasteiger partial charge in [0.2, 0.25) is 0 Å². The smallest absolute Gasteiger partial charge is 0.277 e. The highest BCUT2D eigenvalue weighted by molar-refractivity contribution is 7.13. The van der Waals surface area contributed by atoms with Crippen molar-refractivity contribution in [1.29, 1.82) is 0 Å². The van der Waals surface area contributed by atoms with E-state index in [2.05, 4.69) is 25.5 Å². The summed E-state index contributed by atoms with van der Waals surface area (Å²) in [6.07, 6.45) is 2.64. The number of carbonyl (C=O) groups excluding carboxylic acids is 1. The first-order valence-corrected chi connectivity index (χ1v) is 7.27. The molecule has 3 aromatic rings. The summed E-state index contributed by atoms with van der Waals surface area (Å²) in [5.41, 5.74) is 2.12. The Labute approximate surface area is 129 Å². The Bertz CT molecular complexity index is 797. The summed E-state index contributed by atoms with van der Waals surface area (Å²) >= 11 is 7.49. The van der Waals surface area contributed by atoms with Crippen molar-refractivity contribution in [1.82, 2.24) is 20.2 Å². The van der Waals surface area contributed by atoms with Gasteiger partial charge in [-0.1, -0.05) is 11.6 Å². The third-order valence-corrected chi connectivity index (χ3v) is 4.14. The normalized spacial score (nSPS) is 10.6. The molecule has 3 aromatic heterocycles. The van der Waals surface area contributed by atoms with Crippen LogP contribution in [-0.4, -0.2) is 26.1 Å². The van der Waals surface area contributed by atoms with Gasteiger partial charge in [0.25, 0.3) is 5.91 Å². The molecule has 21 heavy (non-hydrogen) atoms. The first-order valence-electron chi connectivity index (χ1n) is 6.02. The molecule has 6 nitrogen and oxygen atoms in total. The number of hydrogen-bond donors (Lipinski definition) is 2. The second-order valence-electron chi connectivity index (χ2n) is 4.27. The van der Waals surface area contributed by atoms with Crippen molar-refractivity contribution in [2.75, 3.05) is 5.32 Å². The topological polar surface area (TPSA) is 83.6 Å². The van der Waals surface area contributed by atoms with Crippen LogP contribution in [0.3, 0.4) is 0 Å². The monoisotopic (exact) mass is 319 g/mol. The molecule has 0 fully saturated rings. The van der Waals surface area contributed by atoms with Crippen molar-refractivity contribution in [3.63, 3.8) is 0 Å². The average Bonchev–Trinajstić information content (AvgIpc) is 3.08. The van der Waals surface area contributed by atoms with Crippen molar-refractivity contribution >= 4 is 34.7 Å². The summed E-state index contributed by atoms with van der Waals surface area (Å²) in [5.74, 6) is -0.0131. The van der Waals surface area contributed by atoms with E-state index in [1.807, 2.05) is 18.4 Å². The highest BCUT2D eigenvalue weighted by Gasteiger charge is 2.14. The summed E-state index contributed by atoms with van der Waals surface area (Å²) < 4.78 is 0. The quantitative estimate of drug-likeness (QED) is 0.776. The van der Waals surface area contributed by atoms with Crippen molar-refractivity contribution in [3.8, 4) is 10.6 Å². The van der Waals surface area contributed by atoms with E-state index in [1.54, 1.807) is 17.4 Å². The zero-order valence-electron chi connectivity index (χ0n) is 10.9. The first kappa shape index (κ1) is 13.7. The number of carbonyl (C=O) groups is 1. The second kappa shape index (κ2) is 5.63. The molecule has 8 heteroatoms. The standard InChI is InChI=1S/C13H10ClN5OS/c1-7-2-3-21-12(7)9-4-10(19-18-9)17-13(20)11-8(14)5-15-6-16-11/h2-6H,1H3,(H2,17,18,19,20). The number of amides is 1. The molecule has 2 N–H and O–H groups in total. The minimum absolute atomic E-state index is 0.114. The van der Waals surface area contributed by atoms with E-state index in [4.69, 9.17) is 11.6 Å². The molecule has 0 unspecified atom stereocenters. The third-order valence-electron chi connectivity index (χ3n) is 2.81. The predicted molar refractivity (Wildman–Crippen MR) is 81.6 cm³/mol. The van der Waals surface area contributed by atoms with E-state index >= 15 is 0 Å². The van der Waals surface area contributed by atoms with Gasteiger partial charge in [0.15, 0.2) is 11.5 Å². The fraction of sp³-hybridized carbons (Fsp3) is 0.0769. The minimum atomic E-state index is -0.427. The lowest BCUT2D eigenvalue weighted by atomic mass is 10.2. The zero-order chi connectivity index (χ0) is 14.8. The fourth-order valence-corrected chi connectivity index (χ4v) is 2.89. The largest absolute Gasteiger partial charge is 0.304 e. The van der Waals surface area contributed by atoms with E-state index in [-0.39, 0.29) is 10.7 Å². The third kappa shape index (κ3) is 2.79. The van der Waals surface area contributed by atoms with Gasteiger partial charge in [-0.15, -0.1) is 11.3 Å². The molecule has 106 valence electrons. The second-order valence-corrected chi connectivity index (χ2v) is 5.60. The molecule has 0 saturated carbocycles. The van der Waals surface area contributed by atoms with Crippen LogP contribution in [0.25, 0.3) is 10.6 Å². The van der Waals surface area contributed by atoms with Gasteiger partial charge in [-0.2, -0.15) is 5.10 Å². The van der Waals surface area contributed by atoms with Gasteiger partial charge in [0.1, 0.15) is 6.33 Å². The van der Waals surface area contributed by atoms with Crippen LogP contribution in [0.15, 0.2) is 30.0 Å². The molecule has 0 bridgehead atoms. The molecular weight excluding hydrogens is 310 g/mol. The van der Waals surface area contributed by atoms with Gasteiger partial charge in [0, 0.05) is 12.3 Å². The Balaban J connectivity index is 1.81. The van der Waals surface area contributed by atoms with E-state index in [0.717, 1.165) is 16.1 Å². The van der Waals surface area contributed by atoms with Crippen LogP contribution in [0, 0.1) is 6.92 Å². The summed E-state index contributed by atoms with van der Waals surface area (Å²) in [7, 11) is 0. The average molecular weight is 320 g/mol. The van der Waals surface area contributed by atoms with Crippen LogP contribution in [0.1, 0.15) is 16.1 Å². The Kier molecular flexibility index (Phi) is 3.68. The van der Waals surface area contributed by atoms with Crippen LogP contribution in [-0.2, 0) is 0 Å². The molecule has 0 aromatic carbocycles. The van der Waals surface area contributed by atoms with Crippen LogP contribution in [0.5, 0.6) is 0 Å². The van der Waals surface area contributed by atoms with Crippen LogP contribution in [0.4, 0.5) is 5.82 Å². The predicted octanol–water partition coefficient (Wildman–Crippen LogP) is 3.14. The van der Waals surface area contributed by atoms with Gasteiger partial charge in [-0.05, 0) is 23.9 Å². The van der Waals surface area contributed by atoms with Gasteiger partial charge in [-0.3, -0.25) is 9.89 Å². The molecule has 1 amide bonds. The van der Waals surface area contributed by atoms with Gasteiger partial charge in [-0.25, -0.2) is 9.97 Å². The maximum absolute atomic E-state index is 12.1. The lowest BCUT2D eigenvalue weighted by Gasteiger charge is -2.01. The molecular formula is C13H10ClN5OS. The molecule has 0 saturated heterocycles. The lowest BCUT2D eigenvalue weighted by molar-refractivity contribution is 0.102. The van der Waals surface area contributed by atoms with Crippen LogP contribution >= 0.6 is 22.9 Å². The molecule has 3 heterocycles. The number of aromatic nitrogens is 4. The molecule has 0 radical (unpaired) electrons. The number of thiophene rings is 1. The lowest BCUT2D eigenvalue weighted by Crippen LogP contribution is -2.14. The number of H-pyrrole nitrogens is 1. The number of nitrogens with one attached hydrogen (secondary N) is 2. The number of aromatic amines is 1. The van der Waals surface area contributed by atoms with Crippen molar-refractivity contribution < 1.29 is 4.79 Å². The van der Waals surface area contributed by atoms with E-state index in [9.17, 15) is 4.79 Å². The van der Waals surface area contributed by atoms with Crippen LogP contribution < -0.4 is 5.32 Å². The molecule has 0 atom stereocenters. The van der Waals surface area contributed by atoms with Crippen molar-refractivity contribution in [2.45, 2.75) is 6.92 Å². The summed E-state index contributed by atoms with van der Waals surface area (Å²) in [6, 6.07) is 3.80. The van der Waals surface area contributed by atoms with Crippen molar-refractivity contribution in [3.05, 3.63) is 46.3 Å². The molecule has 0 spiro atoms. The number of hydrogen-bond acceptors (Lipinski definition) is 5. The number of nitrogens with zero attached hydrogens (tertiary/aromatic N) is 3. The fourth-order valence-electron chi connectivity index (χ4n) is 1.81. The molecule has 0 aliphatic carbocycles. The SMILES string of the molecule is Cc1ccsc1-c1cc(NC(=O)c2ncncc2Cl)n[nH]1. The van der Waals surface area contributed by atoms with Gasteiger partial charge >= 0.3 is 0 Å². The summed E-state index contributed by atoms with van der Waals surface area (Å²) in [4.78, 5) is 20.7. The maximum Gasteiger partial charge on any atom is 0.277 e. The van der Waals surface area contributed by atoms with E-state index in [1.165, 1.54) is 12.5 Å². The van der Waals surface area contributed by atoms with Crippen molar-refractivity contribution in [2.24, 2.45) is 0 Å². The Hall–Kier alpha value is -2.25. The number of anilines is 1. The Morgan fingerprint density at radius 3 is 3.05 bits per heavy atom. The number of halogens is 1. The van der Waals surface area contributed by atoms with E-state index in [0.29, 0.717) is 5.82 Å². The van der Waals surface area contributed by atoms with E-state index < -0.39 is 5.91 Å². The highest BCUT2D eigenvalue weighted by atomic mass is 35.5. The van der Waals surface area contributed by atoms with Gasteiger partial charge < -0.3 is 5.32 Å². The number of aryl methyl sites for hydroxylation is 1. The molecule has 3 rings (SSSR count). The summed E-state index contributed by atoms with van der Waals surface area (Å²) in [6.45, 7) is 2.02. The molecule has 0 aliphatic rings. The van der Waals surface area contributed by atoms with Gasteiger partial charge in [0.05, 0.1) is 15.6 Å². The summed E-state index contributed by atoms with van der Waals surface area (Å²) in [5, 5.41) is 11.8. The minimum Gasteiger partial charge on any atom is -0.304 e. The highest BCUT2D eigenvalue weighted by Crippen LogP contribution is 2.28. The Morgan fingerprint density at radius 2 is 2.33 bits per heavy atom. The van der Waals surface area contributed by atoms with Crippen LogP contribution in [0.2, 0.25) is 5.02 Å². The maximum atomic E-state index is 12.1. The molecule has 0 aliphatic heterocycles. The number of rotatable bonds is 3. The zero-order valence-corrected chi connectivity index (χ0v) is 12.5.